The van der Waals surface area contributed by atoms with Gasteiger partial charge in [-0.15, -0.1) is 0 Å². The van der Waals surface area contributed by atoms with Crippen LogP contribution in [0.4, 0.5) is 5.13 Å². The van der Waals surface area contributed by atoms with Crippen molar-refractivity contribution in [2.24, 2.45) is 0 Å². The van der Waals surface area contributed by atoms with Crippen molar-refractivity contribution in [2.75, 3.05) is 11.5 Å². The number of ether oxygens (including phenoxy) is 1. The molecule has 7 nitrogen and oxygen atoms in total. The van der Waals surface area contributed by atoms with Gasteiger partial charge in [-0.25, -0.2) is 4.98 Å². The molecule has 4 aromatic rings. The molecule has 1 atom stereocenters. The van der Waals surface area contributed by atoms with E-state index in [4.69, 9.17) is 20.8 Å². The quantitative estimate of drug-likeness (QED) is 0.202. The predicted molar refractivity (Wildman–Crippen MR) is 130 cm³/mol. The lowest BCUT2D eigenvalue weighted by atomic mass is 9.99. The maximum atomic E-state index is 13.2. The van der Waals surface area contributed by atoms with Crippen LogP contribution >= 0.6 is 22.9 Å². The Balaban J connectivity index is 1.62. The lowest BCUT2D eigenvalue weighted by Gasteiger charge is -2.20. The zero-order chi connectivity index (χ0) is 23.8. The molecular formula is C25H19ClN2O5S. The van der Waals surface area contributed by atoms with Gasteiger partial charge in [0.1, 0.15) is 23.3 Å². The normalized spacial score (nSPS) is 17.6. The van der Waals surface area contributed by atoms with Crippen LogP contribution < -0.4 is 9.64 Å². The van der Waals surface area contributed by atoms with Crippen LogP contribution in [0.25, 0.3) is 16.0 Å². The van der Waals surface area contributed by atoms with Crippen molar-refractivity contribution < 1.29 is 23.8 Å². The number of hydrogen-bond acceptors (Lipinski definition) is 7. The van der Waals surface area contributed by atoms with Gasteiger partial charge in [0.2, 0.25) is 0 Å². The third-order valence-corrected chi connectivity index (χ3v) is 6.66. The molecule has 5 rings (SSSR count). The highest BCUT2D eigenvalue weighted by molar-refractivity contribution is 7.22. The molecule has 1 aliphatic heterocycles. The first-order valence-corrected chi connectivity index (χ1v) is 11.8. The molecule has 1 amide bonds. The second-order valence-corrected chi connectivity index (χ2v) is 9.11. The summed E-state index contributed by atoms with van der Waals surface area (Å²) in [5.41, 5.74) is 0.959. The number of nitrogens with zero attached hydrogens (tertiary/aromatic N) is 2. The average Bonchev–Trinajstić information content (AvgIpc) is 3.56. The molecule has 3 heterocycles. The molecule has 0 saturated carbocycles. The van der Waals surface area contributed by atoms with E-state index < -0.39 is 17.7 Å². The minimum Gasteiger partial charge on any atom is -0.507 e. The molecule has 1 N–H and O–H groups in total. The molecule has 0 spiro atoms. The number of fused-ring (bicyclic) bond motifs is 1. The van der Waals surface area contributed by atoms with Crippen LogP contribution in [0.5, 0.6) is 5.75 Å². The molecule has 2 aromatic heterocycles. The first-order chi connectivity index (χ1) is 16.5. The molecule has 2 aromatic carbocycles. The van der Waals surface area contributed by atoms with Crippen molar-refractivity contribution in [2.45, 2.75) is 19.4 Å². The van der Waals surface area contributed by atoms with Crippen molar-refractivity contribution in [3.63, 3.8) is 0 Å². The van der Waals surface area contributed by atoms with Crippen LogP contribution in [0.1, 0.15) is 30.7 Å². The lowest BCUT2D eigenvalue weighted by molar-refractivity contribution is -0.132. The molecule has 9 heteroatoms. The Kier molecular flexibility index (Phi) is 5.85. The Bertz CT molecular complexity index is 1410. The van der Waals surface area contributed by atoms with E-state index in [9.17, 15) is 14.7 Å². The van der Waals surface area contributed by atoms with Crippen molar-refractivity contribution >= 4 is 55.7 Å². The van der Waals surface area contributed by atoms with Crippen LogP contribution in [0, 0.1) is 0 Å². The van der Waals surface area contributed by atoms with E-state index in [1.165, 1.54) is 22.5 Å². The molecule has 1 fully saturated rings. The fourth-order valence-electron chi connectivity index (χ4n) is 3.82. The van der Waals surface area contributed by atoms with E-state index in [1.54, 1.807) is 54.6 Å². The van der Waals surface area contributed by atoms with Crippen LogP contribution in [-0.2, 0) is 9.59 Å². The maximum Gasteiger partial charge on any atom is 0.302 e. The number of ketones is 1. The Morgan fingerprint density at radius 3 is 2.71 bits per heavy atom. The number of anilines is 1. The summed E-state index contributed by atoms with van der Waals surface area (Å²) in [5.74, 6) is -0.928. The van der Waals surface area contributed by atoms with Gasteiger partial charge in [0.25, 0.3) is 5.78 Å². The third-order valence-electron chi connectivity index (χ3n) is 5.40. The van der Waals surface area contributed by atoms with Gasteiger partial charge in [0.15, 0.2) is 5.13 Å². The van der Waals surface area contributed by atoms with Gasteiger partial charge in [-0.1, -0.05) is 29.9 Å². The summed E-state index contributed by atoms with van der Waals surface area (Å²) in [6.07, 6.45) is 2.32. The maximum absolute atomic E-state index is 13.2. The second-order valence-electron chi connectivity index (χ2n) is 7.67. The SMILES string of the molecule is CCCOc1ccc(C(O)=C2C(=O)C(=O)N(c3nc4ccc(Cl)cc4s3)C2c2ccco2)cc1. The lowest BCUT2D eigenvalue weighted by Crippen LogP contribution is -2.29. The fraction of sp³-hybridized carbons (Fsp3) is 0.160. The first-order valence-electron chi connectivity index (χ1n) is 10.6. The molecule has 1 unspecified atom stereocenters. The monoisotopic (exact) mass is 494 g/mol. The summed E-state index contributed by atoms with van der Waals surface area (Å²) in [6, 6.07) is 14.3. The Labute approximate surface area is 203 Å². The van der Waals surface area contributed by atoms with E-state index in [0.717, 1.165) is 11.1 Å². The fourth-order valence-corrected chi connectivity index (χ4v) is 5.09. The molecule has 0 bridgehead atoms. The summed E-state index contributed by atoms with van der Waals surface area (Å²) in [6.45, 7) is 2.58. The number of hydrogen-bond donors (Lipinski definition) is 1. The zero-order valence-corrected chi connectivity index (χ0v) is 19.6. The minimum atomic E-state index is -0.970. The first kappa shape index (κ1) is 22.2. The highest BCUT2D eigenvalue weighted by Gasteiger charge is 2.49. The highest BCUT2D eigenvalue weighted by atomic mass is 35.5. The molecule has 0 radical (unpaired) electrons. The van der Waals surface area contributed by atoms with Crippen molar-refractivity contribution in [3.8, 4) is 5.75 Å². The number of benzene rings is 2. The number of carbonyl (C=O) groups is 2. The molecule has 0 aliphatic carbocycles. The summed E-state index contributed by atoms with van der Waals surface area (Å²) in [5, 5.41) is 12.0. The summed E-state index contributed by atoms with van der Waals surface area (Å²) >= 11 is 7.33. The van der Waals surface area contributed by atoms with Gasteiger partial charge < -0.3 is 14.3 Å². The topological polar surface area (TPSA) is 92.9 Å². The van der Waals surface area contributed by atoms with Gasteiger partial charge in [-0.3, -0.25) is 14.5 Å². The molecule has 1 aliphatic rings. The van der Waals surface area contributed by atoms with E-state index in [-0.39, 0.29) is 11.3 Å². The van der Waals surface area contributed by atoms with E-state index >= 15 is 0 Å². The number of aliphatic hydroxyl groups excluding tert-OH is 1. The van der Waals surface area contributed by atoms with Crippen LogP contribution in [0.15, 0.2) is 70.9 Å². The number of Topliss-reactive ketones (excluding diaryl/α,β-unsaturated/α-hetero) is 1. The number of thiazole rings is 1. The van der Waals surface area contributed by atoms with Gasteiger partial charge in [0, 0.05) is 10.6 Å². The van der Waals surface area contributed by atoms with Gasteiger partial charge in [-0.05, 0) is 61.0 Å². The highest BCUT2D eigenvalue weighted by Crippen LogP contribution is 2.44. The van der Waals surface area contributed by atoms with Gasteiger partial charge in [0.05, 0.1) is 28.7 Å². The summed E-state index contributed by atoms with van der Waals surface area (Å²) in [7, 11) is 0. The second kappa shape index (κ2) is 8.96. The summed E-state index contributed by atoms with van der Waals surface area (Å²) in [4.78, 5) is 32.2. The van der Waals surface area contributed by atoms with E-state index in [1.807, 2.05) is 6.92 Å². The predicted octanol–water partition coefficient (Wildman–Crippen LogP) is 5.96. The van der Waals surface area contributed by atoms with Crippen LogP contribution in [-0.4, -0.2) is 28.4 Å². The number of aromatic nitrogens is 1. The Morgan fingerprint density at radius 2 is 2.00 bits per heavy atom. The van der Waals surface area contributed by atoms with Crippen molar-refractivity contribution in [3.05, 3.63) is 82.8 Å². The largest absolute Gasteiger partial charge is 0.507 e. The summed E-state index contributed by atoms with van der Waals surface area (Å²) < 4.78 is 11.9. The van der Waals surface area contributed by atoms with Gasteiger partial charge >= 0.3 is 5.91 Å². The van der Waals surface area contributed by atoms with Crippen molar-refractivity contribution in [1.29, 1.82) is 0 Å². The van der Waals surface area contributed by atoms with Gasteiger partial charge in [-0.2, -0.15) is 0 Å². The van der Waals surface area contributed by atoms with E-state index in [0.29, 0.717) is 39.4 Å². The molecule has 172 valence electrons. The third kappa shape index (κ3) is 3.85. The average molecular weight is 495 g/mol. The molecule has 34 heavy (non-hydrogen) atoms. The van der Waals surface area contributed by atoms with E-state index in [2.05, 4.69) is 4.98 Å². The number of amides is 1. The Morgan fingerprint density at radius 1 is 1.21 bits per heavy atom. The standard InChI is InChI=1S/C25H19ClN2O5S/c1-2-11-32-16-8-5-14(6-9-16)22(29)20-21(18-4-3-12-33-18)28(24(31)23(20)30)25-27-17-10-7-15(26)13-19(17)34-25/h3-10,12-13,21,29H,2,11H2,1H3. The van der Waals surface area contributed by atoms with Crippen molar-refractivity contribution in [1.82, 2.24) is 4.98 Å². The number of rotatable bonds is 6. The zero-order valence-electron chi connectivity index (χ0n) is 18.0. The minimum absolute atomic E-state index is 0.0699. The number of aliphatic hydroxyl groups is 1. The van der Waals surface area contributed by atoms with Crippen LogP contribution in [0.3, 0.4) is 0 Å². The Hall–Kier alpha value is -3.62. The number of halogens is 1. The molecular weight excluding hydrogens is 476 g/mol. The molecule has 1 saturated heterocycles. The number of furan rings is 1. The number of carbonyl (C=O) groups excluding carboxylic acids is 2. The van der Waals surface area contributed by atoms with Crippen LogP contribution in [0.2, 0.25) is 5.02 Å². The smallest absolute Gasteiger partial charge is 0.302 e.